The van der Waals surface area contributed by atoms with Gasteiger partial charge in [-0.15, -0.1) is 0 Å². The SMILES string of the molecule is CCCOC(=O)c1ccc(N2C(=O)[C@H]3CC[C@@H](C)C[C@@H]3C2=O)cc1. The molecule has 3 rings (SSSR count). The third kappa shape index (κ3) is 2.95. The molecule has 2 amide bonds. The first-order valence-electron chi connectivity index (χ1n) is 8.68. The Labute approximate surface area is 142 Å². The minimum atomic E-state index is -0.384. The van der Waals surface area contributed by atoms with Crippen LogP contribution in [0.15, 0.2) is 24.3 Å². The van der Waals surface area contributed by atoms with Crippen LogP contribution in [0.25, 0.3) is 0 Å². The molecule has 0 bridgehead atoms. The van der Waals surface area contributed by atoms with Crippen molar-refractivity contribution in [3.63, 3.8) is 0 Å². The molecule has 0 aromatic heterocycles. The highest BCUT2D eigenvalue weighted by atomic mass is 16.5. The van der Waals surface area contributed by atoms with Gasteiger partial charge in [-0.05, 0) is 55.9 Å². The summed E-state index contributed by atoms with van der Waals surface area (Å²) in [5, 5.41) is 0. The minimum Gasteiger partial charge on any atom is -0.462 e. The Kier molecular flexibility index (Phi) is 4.69. The zero-order valence-corrected chi connectivity index (χ0v) is 14.2. The van der Waals surface area contributed by atoms with Gasteiger partial charge >= 0.3 is 5.97 Å². The Bertz CT molecular complexity index is 652. The normalized spacial score (nSPS) is 26.4. The van der Waals surface area contributed by atoms with Gasteiger partial charge in [-0.25, -0.2) is 4.79 Å². The molecule has 0 unspecified atom stereocenters. The number of ether oxygens (including phenoxy) is 1. The van der Waals surface area contributed by atoms with Gasteiger partial charge in [-0.1, -0.05) is 13.8 Å². The Hall–Kier alpha value is -2.17. The van der Waals surface area contributed by atoms with Gasteiger partial charge in [0.05, 0.1) is 29.7 Å². The molecule has 1 aromatic carbocycles. The zero-order valence-electron chi connectivity index (χ0n) is 14.2. The van der Waals surface area contributed by atoms with Gasteiger partial charge in [0.15, 0.2) is 0 Å². The van der Waals surface area contributed by atoms with Crippen LogP contribution in [-0.2, 0) is 14.3 Å². The fourth-order valence-corrected chi connectivity index (χ4v) is 3.67. The predicted octanol–water partition coefficient (Wildman–Crippen LogP) is 3.18. The number of benzene rings is 1. The van der Waals surface area contributed by atoms with E-state index in [1.807, 2.05) is 6.92 Å². The number of imide groups is 1. The maximum atomic E-state index is 12.7. The van der Waals surface area contributed by atoms with Crippen LogP contribution >= 0.6 is 0 Å². The van der Waals surface area contributed by atoms with Crippen LogP contribution in [0.4, 0.5) is 5.69 Å². The van der Waals surface area contributed by atoms with Gasteiger partial charge in [0.2, 0.25) is 11.8 Å². The summed E-state index contributed by atoms with van der Waals surface area (Å²) in [7, 11) is 0. The van der Waals surface area contributed by atoms with E-state index in [4.69, 9.17) is 4.74 Å². The Morgan fingerprint density at radius 1 is 1.12 bits per heavy atom. The van der Waals surface area contributed by atoms with E-state index < -0.39 is 0 Å². The van der Waals surface area contributed by atoms with Gasteiger partial charge < -0.3 is 4.74 Å². The van der Waals surface area contributed by atoms with Gasteiger partial charge in [0.1, 0.15) is 0 Å². The molecule has 128 valence electrons. The summed E-state index contributed by atoms with van der Waals surface area (Å²) >= 11 is 0. The summed E-state index contributed by atoms with van der Waals surface area (Å²) in [4.78, 5) is 38.4. The maximum Gasteiger partial charge on any atom is 0.338 e. The Morgan fingerprint density at radius 3 is 2.46 bits per heavy atom. The highest BCUT2D eigenvalue weighted by Crippen LogP contribution is 2.42. The van der Waals surface area contributed by atoms with E-state index in [0.717, 1.165) is 25.7 Å². The third-order valence-corrected chi connectivity index (χ3v) is 4.99. The van der Waals surface area contributed by atoms with Gasteiger partial charge in [0, 0.05) is 0 Å². The van der Waals surface area contributed by atoms with E-state index in [0.29, 0.717) is 23.8 Å². The summed E-state index contributed by atoms with van der Waals surface area (Å²) in [5.74, 6) is -0.460. The molecule has 2 fully saturated rings. The van der Waals surface area contributed by atoms with Crippen LogP contribution in [0.1, 0.15) is 49.9 Å². The lowest BCUT2D eigenvalue weighted by Crippen LogP contribution is -2.30. The molecule has 1 heterocycles. The molecular weight excluding hydrogens is 306 g/mol. The number of hydrogen-bond acceptors (Lipinski definition) is 4. The highest BCUT2D eigenvalue weighted by Gasteiger charge is 2.49. The number of nitrogens with zero attached hydrogens (tertiary/aromatic N) is 1. The zero-order chi connectivity index (χ0) is 17.3. The number of hydrogen-bond donors (Lipinski definition) is 0. The average Bonchev–Trinajstić information content (AvgIpc) is 2.83. The Balaban J connectivity index is 1.78. The number of rotatable bonds is 4. The van der Waals surface area contributed by atoms with Crippen molar-refractivity contribution in [2.75, 3.05) is 11.5 Å². The molecule has 0 radical (unpaired) electrons. The highest BCUT2D eigenvalue weighted by molar-refractivity contribution is 6.22. The van der Waals surface area contributed by atoms with Crippen LogP contribution in [0.2, 0.25) is 0 Å². The molecule has 0 spiro atoms. The molecule has 24 heavy (non-hydrogen) atoms. The van der Waals surface area contributed by atoms with Crippen molar-refractivity contribution in [1.82, 2.24) is 0 Å². The monoisotopic (exact) mass is 329 g/mol. The molecule has 2 aliphatic rings. The largest absolute Gasteiger partial charge is 0.462 e. The first-order valence-corrected chi connectivity index (χ1v) is 8.68. The minimum absolute atomic E-state index is 0.0989. The van der Waals surface area contributed by atoms with E-state index in [9.17, 15) is 14.4 Å². The molecule has 1 aliphatic carbocycles. The Morgan fingerprint density at radius 2 is 1.79 bits per heavy atom. The fourth-order valence-electron chi connectivity index (χ4n) is 3.67. The van der Waals surface area contributed by atoms with Gasteiger partial charge in [-0.3, -0.25) is 14.5 Å². The van der Waals surface area contributed by atoms with E-state index in [1.165, 1.54) is 4.90 Å². The number of fused-ring (bicyclic) bond motifs is 1. The molecule has 1 saturated heterocycles. The van der Waals surface area contributed by atoms with Crippen molar-refractivity contribution in [3.8, 4) is 0 Å². The number of carbonyl (C=O) groups is 3. The fraction of sp³-hybridized carbons (Fsp3) is 0.526. The molecule has 1 aromatic rings. The first-order chi connectivity index (χ1) is 11.5. The van der Waals surface area contributed by atoms with Crippen molar-refractivity contribution in [1.29, 1.82) is 0 Å². The van der Waals surface area contributed by atoms with Crippen molar-refractivity contribution in [2.24, 2.45) is 17.8 Å². The van der Waals surface area contributed by atoms with Crippen LogP contribution in [0.3, 0.4) is 0 Å². The lowest BCUT2D eigenvalue weighted by Gasteiger charge is -2.25. The summed E-state index contributed by atoms with van der Waals surface area (Å²) in [6.45, 7) is 4.44. The van der Waals surface area contributed by atoms with Crippen molar-refractivity contribution < 1.29 is 19.1 Å². The van der Waals surface area contributed by atoms with Crippen molar-refractivity contribution in [3.05, 3.63) is 29.8 Å². The lowest BCUT2D eigenvalue weighted by atomic mass is 9.76. The van der Waals surface area contributed by atoms with Crippen LogP contribution in [0.5, 0.6) is 0 Å². The second-order valence-electron chi connectivity index (χ2n) is 6.83. The predicted molar refractivity (Wildman–Crippen MR) is 89.5 cm³/mol. The second-order valence-corrected chi connectivity index (χ2v) is 6.83. The van der Waals surface area contributed by atoms with E-state index in [-0.39, 0.29) is 29.6 Å². The number of anilines is 1. The number of amides is 2. The summed E-state index contributed by atoms with van der Waals surface area (Å²) in [5.41, 5.74) is 0.969. The third-order valence-electron chi connectivity index (χ3n) is 4.99. The van der Waals surface area contributed by atoms with Crippen LogP contribution in [-0.4, -0.2) is 24.4 Å². The standard InChI is InChI=1S/C19H23NO4/c1-3-10-24-19(23)13-5-7-14(8-6-13)20-17(21)15-9-4-12(2)11-16(15)18(20)22/h5-8,12,15-16H,3-4,9-11H2,1-2H3/t12-,15+,16+/m1/s1. The van der Waals surface area contributed by atoms with Crippen LogP contribution < -0.4 is 4.90 Å². The maximum absolute atomic E-state index is 12.7. The van der Waals surface area contributed by atoms with E-state index >= 15 is 0 Å². The molecule has 3 atom stereocenters. The summed E-state index contributed by atoms with van der Waals surface area (Å²) in [6.07, 6.45) is 3.33. The van der Waals surface area contributed by atoms with E-state index in [1.54, 1.807) is 24.3 Å². The second kappa shape index (κ2) is 6.75. The average molecular weight is 329 g/mol. The van der Waals surface area contributed by atoms with Crippen molar-refractivity contribution >= 4 is 23.5 Å². The first kappa shape index (κ1) is 16.7. The molecule has 5 heteroatoms. The van der Waals surface area contributed by atoms with E-state index in [2.05, 4.69) is 6.92 Å². The smallest absolute Gasteiger partial charge is 0.338 e. The molecule has 1 saturated carbocycles. The van der Waals surface area contributed by atoms with Gasteiger partial charge in [0.25, 0.3) is 0 Å². The van der Waals surface area contributed by atoms with Crippen LogP contribution in [0, 0.1) is 17.8 Å². The number of esters is 1. The number of carbonyl (C=O) groups excluding carboxylic acids is 3. The summed E-state index contributed by atoms with van der Waals surface area (Å²) in [6, 6.07) is 6.52. The molecular formula is C19H23NO4. The summed E-state index contributed by atoms with van der Waals surface area (Å²) < 4.78 is 5.09. The topological polar surface area (TPSA) is 63.7 Å². The molecule has 1 aliphatic heterocycles. The lowest BCUT2D eigenvalue weighted by molar-refractivity contribution is -0.122. The molecule has 0 N–H and O–H groups in total. The van der Waals surface area contributed by atoms with Gasteiger partial charge in [-0.2, -0.15) is 0 Å². The molecule has 5 nitrogen and oxygen atoms in total. The van der Waals surface area contributed by atoms with Crippen molar-refractivity contribution in [2.45, 2.75) is 39.5 Å². The quantitative estimate of drug-likeness (QED) is 0.629.